The first-order chi connectivity index (χ1) is 8.64. The van der Waals surface area contributed by atoms with Crippen LogP contribution in [0.2, 0.25) is 6.04 Å². The van der Waals surface area contributed by atoms with Crippen molar-refractivity contribution in [3.8, 4) is 0 Å². The van der Waals surface area contributed by atoms with Gasteiger partial charge in [-0.05, 0) is 25.1 Å². The SMILES string of the molecule is CCCCNC(=S)NCCC[Si](OC)(OC)OC. The molecule has 0 amide bonds. The minimum Gasteiger partial charge on any atom is -0.377 e. The van der Waals surface area contributed by atoms with Crippen LogP contribution in [-0.4, -0.2) is 48.3 Å². The lowest BCUT2D eigenvalue weighted by Gasteiger charge is -2.24. The number of thiocarbonyl (C=S) groups is 1. The van der Waals surface area contributed by atoms with Crippen LogP contribution in [-0.2, 0) is 13.3 Å². The van der Waals surface area contributed by atoms with Gasteiger partial charge in [0, 0.05) is 40.5 Å². The normalized spacial score (nSPS) is 11.3. The van der Waals surface area contributed by atoms with Gasteiger partial charge in [0.2, 0.25) is 0 Å². The third-order valence-corrected chi connectivity index (χ3v) is 5.81. The molecule has 0 unspecified atom stereocenters. The van der Waals surface area contributed by atoms with Gasteiger partial charge in [-0.2, -0.15) is 0 Å². The summed E-state index contributed by atoms with van der Waals surface area (Å²) in [6.07, 6.45) is 3.20. The third kappa shape index (κ3) is 7.27. The molecule has 0 aromatic heterocycles. The van der Waals surface area contributed by atoms with Gasteiger partial charge < -0.3 is 23.9 Å². The second-order valence-corrected chi connectivity index (χ2v) is 7.43. The molecule has 0 atom stereocenters. The molecule has 0 aliphatic heterocycles. The van der Waals surface area contributed by atoms with Gasteiger partial charge in [-0.1, -0.05) is 13.3 Å². The zero-order chi connectivity index (χ0) is 13.9. The summed E-state index contributed by atoms with van der Waals surface area (Å²) < 4.78 is 16.0. The van der Waals surface area contributed by atoms with E-state index >= 15 is 0 Å². The van der Waals surface area contributed by atoms with E-state index in [-0.39, 0.29) is 0 Å². The highest BCUT2D eigenvalue weighted by Gasteiger charge is 2.36. The fourth-order valence-corrected chi connectivity index (χ4v) is 3.43. The predicted octanol–water partition coefficient (Wildman–Crippen LogP) is 1.52. The molecular weight excluding hydrogens is 268 g/mol. The first-order valence-electron chi connectivity index (χ1n) is 6.31. The van der Waals surface area contributed by atoms with Crippen molar-refractivity contribution in [2.45, 2.75) is 32.2 Å². The maximum absolute atomic E-state index is 5.34. The molecule has 0 saturated heterocycles. The summed E-state index contributed by atoms with van der Waals surface area (Å²) in [7, 11) is 2.46. The fourth-order valence-electron chi connectivity index (χ4n) is 1.50. The standard InChI is InChI=1S/C11H26N2O3SSi/c1-5-6-8-12-11(17)13-9-7-10-18(14-2,15-3)16-4/h5-10H2,1-4H3,(H2,12,13,17). The van der Waals surface area contributed by atoms with Gasteiger partial charge in [0.25, 0.3) is 0 Å². The van der Waals surface area contributed by atoms with Crippen LogP contribution >= 0.6 is 12.2 Å². The van der Waals surface area contributed by atoms with Crippen LogP contribution in [0.1, 0.15) is 26.2 Å². The van der Waals surface area contributed by atoms with E-state index in [0.717, 1.165) is 32.0 Å². The van der Waals surface area contributed by atoms with Crippen molar-refractivity contribution in [3.05, 3.63) is 0 Å². The maximum Gasteiger partial charge on any atom is 0.500 e. The molecule has 0 aromatic carbocycles. The molecule has 0 heterocycles. The van der Waals surface area contributed by atoms with Crippen LogP contribution in [0.15, 0.2) is 0 Å². The van der Waals surface area contributed by atoms with Crippen LogP contribution in [0.3, 0.4) is 0 Å². The molecule has 0 aliphatic rings. The Labute approximate surface area is 117 Å². The zero-order valence-electron chi connectivity index (χ0n) is 11.9. The van der Waals surface area contributed by atoms with Gasteiger partial charge in [0.15, 0.2) is 5.11 Å². The van der Waals surface area contributed by atoms with E-state index < -0.39 is 8.80 Å². The van der Waals surface area contributed by atoms with Crippen molar-refractivity contribution in [1.82, 2.24) is 10.6 Å². The highest BCUT2D eigenvalue weighted by Crippen LogP contribution is 2.14. The quantitative estimate of drug-likeness (QED) is 0.362. The molecule has 108 valence electrons. The lowest BCUT2D eigenvalue weighted by Crippen LogP contribution is -2.43. The number of hydrogen-bond acceptors (Lipinski definition) is 4. The van der Waals surface area contributed by atoms with Gasteiger partial charge >= 0.3 is 8.80 Å². The maximum atomic E-state index is 5.34. The van der Waals surface area contributed by atoms with E-state index in [1.165, 1.54) is 6.42 Å². The summed E-state index contributed by atoms with van der Waals surface area (Å²) in [5, 5.41) is 7.03. The van der Waals surface area contributed by atoms with E-state index in [1.807, 2.05) is 0 Å². The fraction of sp³-hybridized carbons (Fsp3) is 0.909. The Morgan fingerprint density at radius 2 is 1.50 bits per heavy atom. The summed E-state index contributed by atoms with van der Waals surface area (Å²) in [6.45, 7) is 3.88. The first kappa shape index (κ1) is 17.8. The Kier molecular flexibility index (Phi) is 10.6. The zero-order valence-corrected chi connectivity index (χ0v) is 13.7. The molecule has 0 aromatic rings. The molecule has 5 nitrogen and oxygen atoms in total. The average molecular weight is 294 g/mol. The number of rotatable bonds is 10. The van der Waals surface area contributed by atoms with Gasteiger partial charge in [0.1, 0.15) is 0 Å². The van der Waals surface area contributed by atoms with Gasteiger partial charge in [-0.25, -0.2) is 0 Å². The molecule has 0 bridgehead atoms. The molecule has 2 N–H and O–H groups in total. The van der Waals surface area contributed by atoms with Crippen LogP contribution in [0.5, 0.6) is 0 Å². The monoisotopic (exact) mass is 294 g/mol. The Morgan fingerprint density at radius 1 is 1.00 bits per heavy atom. The summed E-state index contributed by atoms with van der Waals surface area (Å²) in [4.78, 5) is 0. The van der Waals surface area contributed by atoms with E-state index in [0.29, 0.717) is 5.11 Å². The molecule has 0 rings (SSSR count). The molecule has 0 fully saturated rings. The largest absolute Gasteiger partial charge is 0.500 e. The van der Waals surface area contributed by atoms with Gasteiger partial charge in [-0.3, -0.25) is 0 Å². The first-order valence-corrected chi connectivity index (χ1v) is 8.65. The van der Waals surface area contributed by atoms with Crippen LogP contribution in [0, 0.1) is 0 Å². The Morgan fingerprint density at radius 3 is 1.94 bits per heavy atom. The molecule has 18 heavy (non-hydrogen) atoms. The van der Waals surface area contributed by atoms with Crippen molar-refractivity contribution < 1.29 is 13.3 Å². The lowest BCUT2D eigenvalue weighted by atomic mass is 10.3. The Bertz CT molecular complexity index is 220. The number of unbranched alkanes of at least 4 members (excludes halogenated alkanes) is 1. The van der Waals surface area contributed by atoms with Crippen molar-refractivity contribution in [2.75, 3.05) is 34.4 Å². The van der Waals surface area contributed by atoms with Crippen LogP contribution in [0.25, 0.3) is 0 Å². The smallest absolute Gasteiger partial charge is 0.377 e. The Hall–Kier alpha value is -0.213. The summed E-state index contributed by atoms with van der Waals surface area (Å²) in [5.41, 5.74) is 0. The van der Waals surface area contributed by atoms with Gasteiger partial charge in [0.05, 0.1) is 0 Å². The van der Waals surface area contributed by atoms with Crippen molar-refractivity contribution in [1.29, 1.82) is 0 Å². The van der Waals surface area contributed by atoms with E-state index in [9.17, 15) is 0 Å². The minimum atomic E-state index is -2.42. The summed E-state index contributed by atoms with van der Waals surface area (Å²) >= 11 is 5.15. The summed E-state index contributed by atoms with van der Waals surface area (Å²) in [5.74, 6) is 0. The lowest BCUT2D eigenvalue weighted by molar-refractivity contribution is 0.123. The van der Waals surface area contributed by atoms with E-state index in [4.69, 9.17) is 25.5 Å². The Balaban J connectivity index is 3.68. The van der Waals surface area contributed by atoms with E-state index in [2.05, 4.69) is 17.6 Å². The molecule has 7 heteroatoms. The molecule has 0 spiro atoms. The van der Waals surface area contributed by atoms with Crippen LogP contribution < -0.4 is 10.6 Å². The van der Waals surface area contributed by atoms with Crippen LogP contribution in [0.4, 0.5) is 0 Å². The van der Waals surface area contributed by atoms with Crippen molar-refractivity contribution in [3.63, 3.8) is 0 Å². The summed E-state index contributed by atoms with van der Waals surface area (Å²) in [6, 6.07) is 0.779. The highest BCUT2D eigenvalue weighted by atomic mass is 32.1. The third-order valence-electron chi connectivity index (χ3n) is 2.69. The second kappa shape index (κ2) is 10.7. The predicted molar refractivity (Wildman–Crippen MR) is 79.7 cm³/mol. The minimum absolute atomic E-state index is 0.711. The van der Waals surface area contributed by atoms with Crippen molar-refractivity contribution >= 4 is 26.1 Å². The van der Waals surface area contributed by atoms with Gasteiger partial charge in [-0.15, -0.1) is 0 Å². The molecule has 0 saturated carbocycles. The molecule has 0 radical (unpaired) electrons. The number of nitrogens with one attached hydrogen (secondary N) is 2. The molecule has 0 aliphatic carbocycles. The molecular formula is C11H26N2O3SSi. The average Bonchev–Trinajstić information content (AvgIpc) is 2.40. The number of hydrogen-bond donors (Lipinski definition) is 2. The van der Waals surface area contributed by atoms with E-state index in [1.54, 1.807) is 21.3 Å². The van der Waals surface area contributed by atoms with Crippen molar-refractivity contribution in [2.24, 2.45) is 0 Å². The topological polar surface area (TPSA) is 51.8 Å². The highest BCUT2D eigenvalue weighted by molar-refractivity contribution is 7.80. The second-order valence-electron chi connectivity index (χ2n) is 3.94.